The monoisotopic (exact) mass is 373 g/mol. The second-order valence-corrected chi connectivity index (χ2v) is 7.58. The third-order valence-corrected chi connectivity index (χ3v) is 5.75. The molecule has 0 aromatic heterocycles. The largest absolute Gasteiger partial charge is 0.375 e. The van der Waals surface area contributed by atoms with Gasteiger partial charge in [-0.2, -0.15) is 0 Å². The van der Waals surface area contributed by atoms with E-state index < -0.39 is 0 Å². The van der Waals surface area contributed by atoms with Gasteiger partial charge in [0.25, 0.3) is 0 Å². The summed E-state index contributed by atoms with van der Waals surface area (Å²) >= 11 is 0. The van der Waals surface area contributed by atoms with Crippen LogP contribution in [0.25, 0.3) is 0 Å². The minimum absolute atomic E-state index is 0.0256. The number of carbonyl (C=O) groups is 2. The predicted molar refractivity (Wildman–Crippen MR) is 104 cm³/mol. The van der Waals surface area contributed by atoms with E-state index in [4.69, 9.17) is 4.74 Å². The summed E-state index contributed by atoms with van der Waals surface area (Å²) in [7, 11) is 1.54. The fourth-order valence-electron chi connectivity index (χ4n) is 4.25. The van der Waals surface area contributed by atoms with E-state index in [0.717, 1.165) is 32.2 Å². The van der Waals surface area contributed by atoms with E-state index in [1.54, 1.807) is 7.11 Å². The molecule has 0 saturated carbocycles. The molecule has 1 aromatic rings. The molecular formula is C21H31N3O3. The molecule has 6 nitrogen and oxygen atoms in total. The van der Waals surface area contributed by atoms with Gasteiger partial charge in [0.05, 0.1) is 11.7 Å². The van der Waals surface area contributed by atoms with Crippen molar-refractivity contribution in [2.45, 2.75) is 50.7 Å². The van der Waals surface area contributed by atoms with Crippen molar-refractivity contribution in [3.05, 3.63) is 35.9 Å². The van der Waals surface area contributed by atoms with Crippen LogP contribution >= 0.6 is 0 Å². The van der Waals surface area contributed by atoms with Crippen molar-refractivity contribution in [3.63, 3.8) is 0 Å². The average Bonchev–Trinajstić information content (AvgIpc) is 2.92. The van der Waals surface area contributed by atoms with E-state index in [2.05, 4.69) is 29.3 Å². The molecule has 0 aliphatic carbocycles. The maximum atomic E-state index is 13.2. The quantitative estimate of drug-likeness (QED) is 0.792. The zero-order valence-corrected chi connectivity index (χ0v) is 16.4. The first-order valence-corrected chi connectivity index (χ1v) is 9.99. The van der Waals surface area contributed by atoms with E-state index in [1.807, 2.05) is 23.1 Å². The molecule has 1 N–H and O–H groups in total. The normalized spacial score (nSPS) is 21.9. The van der Waals surface area contributed by atoms with E-state index in [1.165, 1.54) is 5.56 Å². The van der Waals surface area contributed by atoms with E-state index >= 15 is 0 Å². The van der Waals surface area contributed by atoms with Gasteiger partial charge >= 0.3 is 0 Å². The molecule has 2 aliphatic heterocycles. The summed E-state index contributed by atoms with van der Waals surface area (Å²) in [5, 5.41) is 3.66. The molecule has 1 aromatic carbocycles. The summed E-state index contributed by atoms with van der Waals surface area (Å²) in [4.78, 5) is 29.2. The Bertz CT molecular complexity index is 641. The van der Waals surface area contributed by atoms with Crippen LogP contribution in [0.4, 0.5) is 0 Å². The number of unbranched alkanes of at least 4 members (excludes halogenated alkanes) is 1. The SMILES string of the molecule is CCCCN1C(=O)C(Cc2ccccc2)NC12CCN(C(=O)COC)CC2. The molecule has 2 amide bonds. The van der Waals surface area contributed by atoms with Gasteiger partial charge in [0.15, 0.2) is 0 Å². The Morgan fingerprint density at radius 3 is 2.59 bits per heavy atom. The van der Waals surface area contributed by atoms with Crippen LogP contribution < -0.4 is 5.32 Å². The Kier molecular flexibility index (Phi) is 6.50. The van der Waals surface area contributed by atoms with Gasteiger partial charge < -0.3 is 14.5 Å². The van der Waals surface area contributed by atoms with Crippen molar-refractivity contribution >= 4 is 11.8 Å². The van der Waals surface area contributed by atoms with Gasteiger partial charge in [0, 0.05) is 39.6 Å². The van der Waals surface area contributed by atoms with Crippen LogP contribution in [0.15, 0.2) is 30.3 Å². The smallest absolute Gasteiger partial charge is 0.248 e. The number of likely N-dealkylation sites (tertiary alicyclic amines) is 1. The molecule has 0 radical (unpaired) electrons. The Morgan fingerprint density at radius 2 is 1.96 bits per heavy atom. The minimum Gasteiger partial charge on any atom is -0.375 e. The van der Waals surface area contributed by atoms with Crippen LogP contribution in [0.3, 0.4) is 0 Å². The van der Waals surface area contributed by atoms with Gasteiger partial charge in [-0.15, -0.1) is 0 Å². The van der Waals surface area contributed by atoms with Gasteiger partial charge in [-0.3, -0.25) is 14.9 Å². The number of methoxy groups -OCH3 is 1. The number of benzene rings is 1. The summed E-state index contributed by atoms with van der Waals surface area (Å²) in [6.45, 7) is 4.36. The summed E-state index contributed by atoms with van der Waals surface area (Å²) in [6.07, 6.45) is 4.30. The lowest BCUT2D eigenvalue weighted by Gasteiger charge is -2.44. The third-order valence-electron chi connectivity index (χ3n) is 5.75. The fourth-order valence-corrected chi connectivity index (χ4v) is 4.25. The molecule has 1 unspecified atom stereocenters. The van der Waals surface area contributed by atoms with Crippen LogP contribution in [0.1, 0.15) is 38.2 Å². The lowest BCUT2D eigenvalue weighted by Crippen LogP contribution is -2.60. The molecule has 1 spiro atoms. The summed E-state index contributed by atoms with van der Waals surface area (Å²) in [6, 6.07) is 9.98. The fraction of sp³-hybridized carbons (Fsp3) is 0.619. The number of nitrogens with one attached hydrogen (secondary N) is 1. The highest BCUT2D eigenvalue weighted by Gasteiger charge is 2.51. The lowest BCUT2D eigenvalue weighted by molar-refractivity contribution is -0.139. The summed E-state index contributed by atoms with van der Waals surface area (Å²) in [5.74, 6) is 0.224. The molecule has 2 saturated heterocycles. The second kappa shape index (κ2) is 8.85. The number of hydrogen-bond donors (Lipinski definition) is 1. The zero-order valence-electron chi connectivity index (χ0n) is 16.4. The maximum Gasteiger partial charge on any atom is 0.248 e. The summed E-state index contributed by atoms with van der Waals surface area (Å²) in [5.41, 5.74) is 0.846. The first-order chi connectivity index (χ1) is 13.1. The number of rotatable bonds is 7. The molecule has 2 heterocycles. The van der Waals surface area contributed by atoms with Crippen molar-refractivity contribution in [1.29, 1.82) is 0 Å². The van der Waals surface area contributed by atoms with Gasteiger partial charge in [-0.05, 0) is 18.4 Å². The third kappa shape index (κ3) is 4.33. The lowest BCUT2D eigenvalue weighted by atomic mass is 9.95. The number of amides is 2. The highest BCUT2D eigenvalue weighted by Crippen LogP contribution is 2.33. The van der Waals surface area contributed by atoms with Crippen molar-refractivity contribution < 1.29 is 14.3 Å². The minimum atomic E-state index is -0.324. The van der Waals surface area contributed by atoms with Crippen LogP contribution in [-0.2, 0) is 20.7 Å². The van der Waals surface area contributed by atoms with Gasteiger partial charge in [0.2, 0.25) is 11.8 Å². The number of hydrogen-bond acceptors (Lipinski definition) is 4. The molecule has 148 valence electrons. The van der Waals surface area contributed by atoms with Crippen molar-refractivity contribution in [3.8, 4) is 0 Å². The van der Waals surface area contributed by atoms with Gasteiger partial charge in [-0.25, -0.2) is 0 Å². The van der Waals surface area contributed by atoms with Crippen molar-refractivity contribution in [2.75, 3.05) is 33.4 Å². The maximum absolute atomic E-state index is 13.2. The number of nitrogens with zero attached hydrogens (tertiary/aromatic N) is 2. The van der Waals surface area contributed by atoms with Crippen LogP contribution in [0.2, 0.25) is 0 Å². The number of carbonyl (C=O) groups excluding carboxylic acids is 2. The molecule has 0 bridgehead atoms. The van der Waals surface area contributed by atoms with Crippen LogP contribution in [0.5, 0.6) is 0 Å². The molecule has 2 fully saturated rings. The first kappa shape index (κ1) is 19.8. The number of piperidine rings is 1. The Balaban J connectivity index is 1.72. The van der Waals surface area contributed by atoms with E-state index in [0.29, 0.717) is 19.5 Å². The van der Waals surface area contributed by atoms with Crippen molar-refractivity contribution in [1.82, 2.24) is 15.1 Å². The van der Waals surface area contributed by atoms with Crippen LogP contribution in [0, 0.1) is 0 Å². The second-order valence-electron chi connectivity index (χ2n) is 7.58. The van der Waals surface area contributed by atoms with Crippen molar-refractivity contribution in [2.24, 2.45) is 0 Å². The van der Waals surface area contributed by atoms with Gasteiger partial charge in [-0.1, -0.05) is 43.7 Å². The first-order valence-electron chi connectivity index (χ1n) is 9.99. The molecule has 2 aliphatic rings. The number of ether oxygens (including phenoxy) is 1. The Labute approximate surface area is 161 Å². The predicted octanol–water partition coefficient (Wildman–Crippen LogP) is 1.79. The molecule has 6 heteroatoms. The Hall–Kier alpha value is -1.92. The van der Waals surface area contributed by atoms with E-state index in [9.17, 15) is 9.59 Å². The molecule has 27 heavy (non-hydrogen) atoms. The molecular weight excluding hydrogens is 342 g/mol. The summed E-state index contributed by atoms with van der Waals surface area (Å²) < 4.78 is 4.98. The Morgan fingerprint density at radius 1 is 1.26 bits per heavy atom. The average molecular weight is 373 g/mol. The molecule has 1 atom stereocenters. The van der Waals surface area contributed by atoms with Crippen LogP contribution in [-0.4, -0.2) is 66.7 Å². The zero-order chi connectivity index (χ0) is 19.3. The standard InChI is InChI=1S/C21H31N3O3/c1-3-4-12-24-20(26)18(15-17-8-6-5-7-9-17)22-21(24)10-13-23(14-11-21)19(25)16-27-2/h5-9,18,22H,3-4,10-16H2,1-2H3. The van der Waals surface area contributed by atoms with Gasteiger partial charge in [0.1, 0.15) is 6.61 Å². The molecule has 3 rings (SSSR count). The highest BCUT2D eigenvalue weighted by atomic mass is 16.5. The van der Waals surface area contributed by atoms with E-state index in [-0.39, 0.29) is 30.1 Å². The topological polar surface area (TPSA) is 61.9 Å². The highest BCUT2D eigenvalue weighted by molar-refractivity contribution is 5.85.